The number of benzene rings is 2. The molecule has 0 unspecified atom stereocenters. The van der Waals surface area contributed by atoms with Gasteiger partial charge in [0.15, 0.2) is 4.80 Å². The molecule has 0 aliphatic carbocycles. The molecular formula is C18H15F2N3O2S. The van der Waals surface area contributed by atoms with Crippen molar-refractivity contribution < 1.29 is 18.4 Å². The van der Waals surface area contributed by atoms with Gasteiger partial charge in [-0.1, -0.05) is 23.5 Å². The molecule has 0 aliphatic heterocycles. The van der Waals surface area contributed by atoms with Crippen LogP contribution < -0.4 is 10.1 Å². The summed E-state index contributed by atoms with van der Waals surface area (Å²) in [5.74, 6) is -2.81. The van der Waals surface area contributed by atoms with E-state index in [1.165, 1.54) is 11.3 Å². The van der Waals surface area contributed by atoms with Gasteiger partial charge in [-0.05, 0) is 24.3 Å². The van der Waals surface area contributed by atoms with Gasteiger partial charge >= 0.3 is 0 Å². The number of hydrogen-bond acceptors (Lipinski definition) is 3. The molecule has 1 N–H and O–H groups in total. The van der Waals surface area contributed by atoms with E-state index in [9.17, 15) is 18.4 Å². The maximum Gasteiger partial charge on any atom is 0.254 e. The number of thiazole rings is 1. The van der Waals surface area contributed by atoms with E-state index < -0.39 is 23.4 Å². The van der Waals surface area contributed by atoms with Crippen LogP contribution in [0.5, 0.6) is 0 Å². The van der Waals surface area contributed by atoms with Crippen LogP contribution in [0.2, 0.25) is 0 Å². The third kappa shape index (κ3) is 3.85. The molecule has 0 bridgehead atoms. The molecule has 3 rings (SSSR count). The molecule has 26 heavy (non-hydrogen) atoms. The van der Waals surface area contributed by atoms with E-state index in [1.54, 1.807) is 0 Å². The minimum atomic E-state index is -0.948. The van der Waals surface area contributed by atoms with Crippen LogP contribution in [0.3, 0.4) is 0 Å². The van der Waals surface area contributed by atoms with Gasteiger partial charge in [-0.15, -0.1) is 0 Å². The molecule has 1 heterocycles. The van der Waals surface area contributed by atoms with Crippen LogP contribution in [-0.4, -0.2) is 22.9 Å². The number of carbonyl (C=O) groups is 2. The molecule has 3 aromatic rings. The van der Waals surface area contributed by atoms with Crippen molar-refractivity contribution in [3.05, 3.63) is 64.5 Å². The first-order valence-electron chi connectivity index (χ1n) is 7.81. The van der Waals surface area contributed by atoms with Crippen LogP contribution in [0.1, 0.15) is 16.8 Å². The number of rotatable bonds is 4. The van der Waals surface area contributed by atoms with Gasteiger partial charge < -0.3 is 9.88 Å². The van der Waals surface area contributed by atoms with Crippen LogP contribution in [0.15, 0.2) is 47.5 Å². The zero-order valence-corrected chi connectivity index (χ0v) is 14.6. The molecule has 0 saturated carbocycles. The van der Waals surface area contributed by atoms with Crippen LogP contribution in [0.4, 0.5) is 8.78 Å². The Morgan fingerprint density at radius 3 is 2.69 bits per heavy atom. The molecule has 5 nitrogen and oxygen atoms in total. The summed E-state index contributed by atoms with van der Waals surface area (Å²) >= 11 is 1.40. The second-order valence-corrected chi connectivity index (χ2v) is 6.56. The molecule has 0 spiro atoms. The molecule has 0 radical (unpaired) electrons. The first-order valence-corrected chi connectivity index (χ1v) is 8.63. The fraction of sp³-hybridized carbons (Fsp3) is 0.167. The summed E-state index contributed by atoms with van der Waals surface area (Å²) in [4.78, 5) is 28.5. The predicted octanol–water partition coefficient (Wildman–Crippen LogP) is 2.77. The zero-order valence-electron chi connectivity index (χ0n) is 13.8. The van der Waals surface area contributed by atoms with E-state index in [0.717, 1.165) is 22.3 Å². The highest BCUT2D eigenvalue weighted by Gasteiger charge is 2.12. The van der Waals surface area contributed by atoms with E-state index in [1.807, 2.05) is 35.9 Å². The Morgan fingerprint density at radius 1 is 1.19 bits per heavy atom. The van der Waals surface area contributed by atoms with Crippen molar-refractivity contribution in [1.82, 2.24) is 9.88 Å². The van der Waals surface area contributed by atoms with Gasteiger partial charge in [0.1, 0.15) is 11.6 Å². The molecule has 0 aliphatic rings. The fourth-order valence-electron chi connectivity index (χ4n) is 2.40. The van der Waals surface area contributed by atoms with Crippen molar-refractivity contribution in [3.63, 3.8) is 0 Å². The van der Waals surface area contributed by atoms with Crippen LogP contribution in [-0.2, 0) is 11.8 Å². The first kappa shape index (κ1) is 17.9. The fourth-order valence-corrected chi connectivity index (χ4v) is 3.44. The lowest BCUT2D eigenvalue weighted by atomic mass is 10.2. The quantitative estimate of drug-likeness (QED) is 0.762. The number of amides is 2. The van der Waals surface area contributed by atoms with Crippen LogP contribution >= 0.6 is 11.3 Å². The number of carbonyl (C=O) groups excluding carboxylic acids is 2. The Morgan fingerprint density at radius 2 is 1.96 bits per heavy atom. The highest BCUT2D eigenvalue weighted by molar-refractivity contribution is 7.16. The summed E-state index contributed by atoms with van der Waals surface area (Å²) in [6.07, 6.45) is -0.0250. The van der Waals surface area contributed by atoms with E-state index in [4.69, 9.17) is 0 Å². The Kier molecular flexibility index (Phi) is 5.22. The minimum absolute atomic E-state index is 0.00654. The molecule has 2 amide bonds. The zero-order chi connectivity index (χ0) is 18.7. The second kappa shape index (κ2) is 7.57. The molecule has 0 atom stereocenters. The molecule has 1 aromatic heterocycles. The van der Waals surface area contributed by atoms with Gasteiger partial charge in [-0.3, -0.25) is 9.59 Å². The number of para-hydroxylation sites is 1. The molecule has 134 valence electrons. The summed E-state index contributed by atoms with van der Waals surface area (Å²) in [6, 6.07) is 10.4. The normalized spacial score (nSPS) is 11.7. The molecule has 0 fully saturated rings. The van der Waals surface area contributed by atoms with E-state index in [-0.39, 0.29) is 18.5 Å². The molecular weight excluding hydrogens is 360 g/mol. The molecule has 0 saturated heterocycles. The maximum atomic E-state index is 13.5. The first-order chi connectivity index (χ1) is 12.5. The van der Waals surface area contributed by atoms with Crippen molar-refractivity contribution in [2.75, 3.05) is 6.54 Å². The van der Waals surface area contributed by atoms with Crippen molar-refractivity contribution in [3.8, 4) is 0 Å². The third-order valence-electron chi connectivity index (χ3n) is 3.74. The summed E-state index contributed by atoms with van der Waals surface area (Å²) in [6.45, 7) is 0.00654. The Balaban J connectivity index is 1.63. The summed E-state index contributed by atoms with van der Waals surface area (Å²) in [5, 5.41) is 2.43. The van der Waals surface area contributed by atoms with Gasteiger partial charge in [-0.2, -0.15) is 4.99 Å². The SMILES string of the molecule is Cn1c(=NC(=O)CCNC(=O)c2ccc(F)cc2F)sc2ccccc21. The number of aryl methyl sites for hydroxylation is 1. The Labute approximate surface area is 151 Å². The lowest BCUT2D eigenvalue weighted by Gasteiger charge is -2.04. The monoisotopic (exact) mass is 375 g/mol. The van der Waals surface area contributed by atoms with Gasteiger partial charge in [0.05, 0.1) is 15.8 Å². The number of hydrogen-bond donors (Lipinski definition) is 1. The van der Waals surface area contributed by atoms with E-state index in [2.05, 4.69) is 10.3 Å². The highest BCUT2D eigenvalue weighted by atomic mass is 32.1. The molecule has 2 aromatic carbocycles. The summed E-state index contributed by atoms with van der Waals surface area (Å²) in [5.41, 5.74) is 0.704. The topological polar surface area (TPSA) is 63.5 Å². The van der Waals surface area contributed by atoms with Crippen molar-refractivity contribution in [2.45, 2.75) is 6.42 Å². The summed E-state index contributed by atoms with van der Waals surface area (Å²) in [7, 11) is 1.82. The Hall–Kier alpha value is -2.87. The lowest BCUT2D eigenvalue weighted by molar-refractivity contribution is -0.117. The highest BCUT2D eigenvalue weighted by Crippen LogP contribution is 2.15. The van der Waals surface area contributed by atoms with Gasteiger partial charge in [-0.25, -0.2) is 8.78 Å². The lowest BCUT2D eigenvalue weighted by Crippen LogP contribution is -2.27. The van der Waals surface area contributed by atoms with Crippen molar-refractivity contribution >= 4 is 33.4 Å². The average Bonchev–Trinajstić information content (AvgIpc) is 2.91. The Bertz CT molecular complexity index is 1060. The number of nitrogens with one attached hydrogen (secondary N) is 1. The van der Waals surface area contributed by atoms with Crippen LogP contribution in [0, 0.1) is 11.6 Å². The van der Waals surface area contributed by atoms with Crippen LogP contribution in [0.25, 0.3) is 10.2 Å². The second-order valence-electron chi connectivity index (χ2n) is 5.55. The third-order valence-corrected chi connectivity index (χ3v) is 4.85. The number of fused-ring (bicyclic) bond motifs is 1. The molecule has 8 heteroatoms. The largest absolute Gasteiger partial charge is 0.351 e. The van der Waals surface area contributed by atoms with Gasteiger partial charge in [0.2, 0.25) is 5.91 Å². The van der Waals surface area contributed by atoms with E-state index >= 15 is 0 Å². The maximum absolute atomic E-state index is 13.5. The number of halogens is 2. The smallest absolute Gasteiger partial charge is 0.254 e. The standard InChI is InChI=1S/C18H15F2N3O2S/c1-23-14-4-2-3-5-15(14)26-18(23)22-16(24)8-9-21-17(25)12-7-6-11(19)10-13(12)20/h2-7,10H,8-9H2,1H3,(H,21,25). The van der Waals surface area contributed by atoms with E-state index in [0.29, 0.717) is 10.9 Å². The number of nitrogens with zero attached hydrogens (tertiary/aromatic N) is 2. The van der Waals surface area contributed by atoms with Gasteiger partial charge in [0, 0.05) is 26.1 Å². The minimum Gasteiger partial charge on any atom is -0.351 e. The average molecular weight is 375 g/mol. The predicted molar refractivity (Wildman–Crippen MR) is 94.7 cm³/mol. The van der Waals surface area contributed by atoms with Crippen molar-refractivity contribution in [1.29, 1.82) is 0 Å². The van der Waals surface area contributed by atoms with Gasteiger partial charge in [0.25, 0.3) is 5.91 Å². The summed E-state index contributed by atoms with van der Waals surface area (Å²) < 4.78 is 29.2. The van der Waals surface area contributed by atoms with Crippen molar-refractivity contribution in [2.24, 2.45) is 12.0 Å². The number of aromatic nitrogens is 1.